The number of alkyl carbamates (subject to hydrolysis) is 1. The Morgan fingerprint density at radius 1 is 1.11 bits per heavy atom. The third-order valence-electron chi connectivity index (χ3n) is 6.54. The molecule has 2 heterocycles. The highest BCUT2D eigenvalue weighted by Gasteiger charge is 2.35. The number of hydrogen-bond donors (Lipinski definition) is 3. The third-order valence-corrected chi connectivity index (χ3v) is 6.54. The first-order chi connectivity index (χ1) is 17.0. The molecule has 11 heteroatoms. The minimum atomic E-state index is -1.24. The van der Waals surface area contributed by atoms with Gasteiger partial charge >= 0.3 is 12.1 Å². The molecule has 2 amide bonds. The summed E-state index contributed by atoms with van der Waals surface area (Å²) in [6.07, 6.45) is -0.761. The normalized spacial score (nSPS) is 17.5. The molecule has 180 valence electrons. The molecule has 1 fully saturated rings. The van der Waals surface area contributed by atoms with Gasteiger partial charge in [-0.1, -0.05) is 53.7 Å². The minimum Gasteiger partial charge on any atom is -0.481 e. The van der Waals surface area contributed by atoms with Crippen LogP contribution in [0, 0.1) is 0 Å². The molecule has 1 aliphatic carbocycles. The van der Waals surface area contributed by atoms with Gasteiger partial charge in [0.1, 0.15) is 12.6 Å². The number of fused-ring (bicyclic) bond motifs is 3. The second-order valence-corrected chi connectivity index (χ2v) is 8.66. The summed E-state index contributed by atoms with van der Waals surface area (Å²) in [6, 6.07) is 14.7. The monoisotopic (exact) mass is 476 g/mol. The molecular formula is C24H24N6O5. The van der Waals surface area contributed by atoms with Gasteiger partial charge < -0.3 is 20.1 Å². The van der Waals surface area contributed by atoms with Crippen LogP contribution in [-0.4, -0.2) is 74.3 Å². The lowest BCUT2D eigenvalue weighted by Gasteiger charge is -2.23. The Morgan fingerprint density at radius 2 is 1.80 bits per heavy atom. The standard InChI is InChI=1S/C24H24N6O5/c31-21(32)11-20(23(33)30-10-9-14(12-30)22-26-28-29-27-22)25-24(34)35-13-19-17-7-3-1-5-15(17)16-6-2-4-8-18(16)19/h1-8,14,19-20H,9-13H2,(H,25,34)(H,31,32)(H,26,27,28,29). The Bertz CT molecular complexity index is 1200. The average molecular weight is 476 g/mol. The Balaban J connectivity index is 1.23. The number of carboxylic acid groups (broad SMARTS) is 1. The van der Waals surface area contributed by atoms with Crippen molar-refractivity contribution < 1.29 is 24.2 Å². The van der Waals surface area contributed by atoms with E-state index in [1.807, 2.05) is 48.5 Å². The summed E-state index contributed by atoms with van der Waals surface area (Å²) < 4.78 is 5.50. The summed E-state index contributed by atoms with van der Waals surface area (Å²) in [5.74, 6) is -1.42. The summed E-state index contributed by atoms with van der Waals surface area (Å²) in [5, 5.41) is 25.6. The zero-order valence-electron chi connectivity index (χ0n) is 18.8. The van der Waals surface area contributed by atoms with Crippen molar-refractivity contribution in [3.8, 4) is 11.1 Å². The van der Waals surface area contributed by atoms with E-state index < -0.39 is 30.4 Å². The highest BCUT2D eigenvalue weighted by atomic mass is 16.5. The SMILES string of the molecule is O=C(O)CC(NC(=O)OCC1c2ccccc2-c2ccccc21)C(=O)N1CCC(c2nn[nH]n2)C1. The number of carboxylic acids is 1. The molecule has 3 aromatic rings. The van der Waals surface area contributed by atoms with E-state index in [1.165, 1.54) is 4.90 Å². The molecule has 3 N–H and O–H groups in total. The summed E-state index contributed by atoms with van der Waals surface area (Å²) in [7, 11) is 0. The molecule has 2 atom stereocenters. The van der Waals surface area contributed by atoms with Gasteiger partial charge in [-0.25, -0.2) is 4.79 Å². The summed E-state index contributed by atoms with van der Waals surface area (Å²) in [4.78, 5) is 38.6. The van der Waals surface area contributed by atoms with E-state index >= 15 is 0 Å². The van der Waals surface area contributed by atoms with Crippen LogP contribution in [0.2, 0.25) is 0 Å². The summed E-state index contributed by atoms with van der Waals surface area (Å²) >= 11 is 0. The number of rotatable bonds is 7. The quantitative estimate of drug-likeness (QED) is 0.468. The van der Waals surface area contributed by atoms with Crippen molar-refractivity contribution in [2.24, 2.45) is 0 Å². The molecule has 1 saturated heterocycles. The maximum Gasteiger partial charge on any atom is 0.407 e. The average Bonchev–Trinajstić information content (AvgIpc) is 3.61. The molecule has 0 spiro atoms. The van der Waals surface area contributed by atoms with Gasteiger partial charge in [0.2, 0.25) is 5.91 Å². The van der Waals surface area contributed by atoms with Gasteiger partial charge in [-0.2, -0.15) is 5.21 Å². The van der Waals surface area contributed by atoms with E-state index in [9.17, 15) is 19.5 Å². The first-order valence-corrected chi connectivity index (χ1v) is 11.4. The van der Waals surface area contributed by atoms with Crippen LogP contribution >= 0.6 is 0 Å². The van der Waals surface area contributed by atoms with Crippen molar-refractivity contribution in [3.05, 3.63) is 65.5 Å². The van der Waals surface area contributed by atoms with Crippen molar-refractivity contribution in [3.63, 3.8) is 0 Å². The molecule has 1 aliphatic heterocycles. The van der Waals surface area contributed by atoms with Gasteiger partial charge in [-0.3, -0.25) is 9.59 Å². The smallest absolute Gasteiger partial charge is 0.407 e. The Morgan fingerprint density at radius 3 is 2.43 bits per heavy atom. The number of carbonyl (C=O) groups is 3. The first-order valence-electron chi connectivity index (χ1n) is 11.4. The molecule has 2 aromatic carbocycles. The predicted molar refractivity (Wildman–Crippen MR) is 122 cm³/mol. The lowest BCUT2D eigenvalue weighted by atomic mass is 9.98. The van der Waals surface area contributed by atoms with Crippen molar-refractivity contribution >= 4 is 18.0 Å². The zero-order chi connectivity index (χ0) is 24.4. The number of H-pyrrole nitrogens is 1. The van der Waals surface area contributed by atoms with Crippen LogP contribution in [0.25, 0.3) is 11.1 Å². The molecule has 0 saturated carbocycles. The van der Waals surface area contributed by atoms with Gasteiger partial charge in [0.05, 0.1) is 6.42 Å². The predicted octanol–water partition coefficient (Wildman–Crippen LogP) is 1.90. The second-order valence-electron chi connectivity index (χ2n) is 8.66. The molecule has 0 bridgehead atoms. The van der Waals surface area contributed by atoms with Gasteiger partial charge in [-0.15, -0.1) is 10.2 Å². The fourth-order valence-electron chi connectivity index (χ4n) is 4.89. The molecule has 1 aromatic heterocycles. The zero-order valence-corrected chi connectivity index (χ0v) is 18.8. The minimum absolute atomic E-state index is 0.0669. The van der Waals surface area contributed by atoms with Crippen LogP contribution in [0.15, 0.2) is 48.5 Å². The number of ether oxygens (including phenoxy) is 1. The number of amides is 2. The molecule has 2 unspecified atom stereocenters. The largest absolute Gasteiger partial charge is 0.481 e. The number of carbonyl (C=O) groups excluding carboxylic acids is 2. The number of hydrogen-bond acceptors (Lipinski definition) is 7. The van der Waals surface area contributed by atoms with E-state index in [4.69, 9.17) is 4.74 Å². The number of nitrogens with one attached hydrogen (secondary N) is 2. The maximum absolute atomic E-state index is 13.0. The van der Waals surface area contributed by atoms with Gasteiger partial charge in [0.25, 0.3) is 0 Å². The van der Waals surface area contributed by atoms with E-state index in [0.717, 1.165) is 22.3 Å². The molecule has 5 rings (SSSR count). The number of aromatic amines is 1. The van der Waals surface area contributed by atoms with Crippen molar-refractivity contribution in [1.82, 2.24) is 30.8 Å². The van der Waals surface area contributed by atoms with Crippen molar-refractivity contribution in [1.29, 1.82) is 0 Å². The Kier molecular flexibility index (Phi) is 6.13. The second kappa shape index (κ2) is 9.53. The molecule has 2 aliphatic rings. The fourth-order valence-corrected chi connectivity index (χ4v) is 4.89. The van der Waals surface area contributed by atoms with Crippen LogP contribution in [0.3, 0.4) is 0 Å². The van der Waals surface area contributed by atoms with Gasteiger partial charge in [0, 0.05) is 24.9 Å². The third kappa shape index (κ3) is 4.57. The highest BCUT2D eigenvalue weighted by Crippen LogP contribution is 2.44. The van der Waals surface area contributed by atoms with E-state index in [2.05, 4.69) is 25.9 Å². The van der Waals surface area contributed by atoms with Crippen LogP contribution in [0.5, 0.6) is 0 Å². The number of benzene rings is 2. The number of tetrazole rings is 1. The number of aromatic nitrogens is 4. The van der Waals surface area contributed by atoms with Crippen LogP contribution in [0.1, 0.15) is 41.6 Å². The lowest BCUT2D eigenvalue weighted by molar-refractivity contribution is -0.142. The Labute approximate surface area is 200 Å². The van der Waals surface area contributed by atoms with E-state index in [-0.39, 0.29) is 18.4 Å². The number of likely N-dealkylation sites (tertiary alicyclic amines) is 1. The van der Waals surface area contributed by atoms with Crippen LogP contribution < -0.4 is 5.32 Å². The summed E-state index contributed by atoms with van der Waals surface area (Å²) in [6.45, 7) is 0.791. The highest BCUT2D eigenvalue weighted by molar-refractivity contribution is 5.89. The van der Waals surface area contributed by atoms with E-state index in [0.29, 0.717) is 25.3 Å². The fraction of sp³-hybridized carbons (Fsp3) is 0.333. The number of aliphatic carboxylic acids is 1. The molecule has 0 radical (unpaired) electrons. The molecular weight excluding hydrogens is 452 g/mol. The maximum atomic E-state index is 13.0. The summed E-state index contributed by atoms with van der Waals surface area (Å²) in [5.41, 5.74) is 4.32. The van der Waals surface area contributed by atoms with Crippen LogP contribution in [0.4, 0.5) is 4.79 Å². The van der Waals surface area contributed by atoms with Crippen molar-refractivity contribution in [2.75, 3.05) is 19.7 Å². The van der Waals surface area contributed by atoms with Gasteiger partial charge in [-0.05, 0) is 28.7 Å². The number of nitrogens with zero attached hydrogens (tertiary/aromatic N) is 4. The molecule has 11 nitrogen and oxygen atoms in total. The topological polar surface area (TPSA) is 150 Å². The lowest BCUT2D eigenvalue weighted by Crippen LogP contribution is -2.49. The van der Waals surface area contributed by atoms with E-state index in [1.54, 1.807) is 0 Å². The van der Waals surface area contributed by atoms with Crippen molar-refractivity contribution in [2.45, 2.75) is 30.7 Å². The van der Waals surface area contributed by atoms with Gasteiger partial charge in [0.15, 0.2) is 5.82 Å². The Hall–Kier alpha value is -4.28. The molecule has 35 heavy (non-hydrogen) atoms. The first kappa shape index (κ1) is 22.5. The van der Waals surface area contributed by atoms with Crippen LogP contribution in [-0.2, 0) is 14.3 Å².